The van der Waals surface area contributed by atoms with Gasteiger partial charge in [-0.2, -0.15) is 15.3 Å². The maximum Gasteiger partial charge on any atom is 0.267 e. The summed E-state index contributed by atoms with van der Waals surface area (Å²) in [6.07, 6.45) is 1.62. The highest BCUT2D eigenvalue weighted by Gasteiger charge is 2.15. The first-order valence-electron chi connectivity index (χ1n) is 8.32. The molecule has 128 valence electrons. The van der Waals surface area contributed by atoms with E-state index in [1.807, 2.05) is 56.3 Å². The quantitative estimate of drug-likeness (QED) is 0.642. The molecule has 6 heteroatoms. The molecular weight excluding hydrogens is 314 g/mol. The molecule has 1 aliphatic rings. The van der Waals surface area contributed by atoms with E-state index in [1.54, 1.807) is 0 Å². The molecule has 0 atom stereocenters. The van der Waals surface area contributed by atoms with E-state index in [9.17, 15) is 4.79 Å². The van der Waals surface area contributed by atoms with Crippen LogP contribution in [0.2, 0.25) is 0 Å². The smallest absolute Gasteiger partial charge is 0.267 e. The van der Waals surface area contributed by atoms with Crippen molar-refractivity contribution in [3.05, 3.63) is 53.6 Å². The molecule has 0 spiro atoms. The third-order valence-corrected chi connectivity index (χ3v) is 4.05. The van der Waals surface area contributed by atoms with Crippen molar-refractivity contribution in [3.63, 3.8) is 0 Å². The topological polar surface area (TPSA) is 78.2 Å². The van der Waals surface area contributed by atoms with Crippen molar-refractivity contribution in [2.24, 2.45) is 15.3 Å². The first-order valence-corrected chi connectivity index (χ1v) is 8.32. The van der Waals surface area contributed by atoms with Gasteiger partial charge in [-0.1, -0.05) is 18.2 Å². The van der Waals surface area contributed by atoms with E-state index in [0.29, 0.717) is 12.1 Å². The van der Waals surface area contributed by atoms with E-state index in [1.165, 1.54) is 0 Å². The lowest BCUT2D eigenvalue weighted by Crippen LogP contribution is -2.37. The monoisotopic (exact) mass is 335 g/mol. The predicted octanol–water partition coefficient (Wildman–Crippen LogP) is 4.40. The number of benzene rings is 2. The molecule has 2 N–H and O–H groups in total. The summed E-state index contributed by atoms with van der Waals surface area (Å²) in [5.74, 6) is -0.0972. The van der Waals surface area contributed by atoms with Crippen LogP contribution in [-0.2, 0) is 4.79 Å². The average Bonchev–Trinajstić information content (AvgIpc) is 2.61. The van der Waals surface area contributed by atoms with Crippen LogP contribution < -0.4 is 10.7 Å². The van der Waals surface area contributed by atoms with Gasteiger partial charge in [0.2, 0.25) is 0 Å². The number of piperidine rings is 1. The first-order chi connectivity index (χ1) is 12.1. The van der Waals surface area contributed by atoms with Gasteiger partial charge in [0.15, 0.2) is 0 Å². The number of rotatable bonds is 4. The molecule has 1 aliphatic heterocycles. The van der Waals surface area contributed by atoms with Crippen molar-refractivity contribution in [2.45, 2.75) is 26.7 Å². The molecule has 1 fully saturated rings. The Labute approximate surface area is 147 Å². The van der Waals surface area contributed by atoms with Crippen LogP contribution in [0.1, 0.15) is 24.0 Å². The van der Waals surface area contributed by atoms with E-state index < -0.39 is 0 Å². The highest BCUT2D eigenvalue weighted by Crippen LogP contribution is 2.25. The minimum Gasteiger partial charge on any atom is -0.351 e. The zero-order valence-corrected chi connectivity index (χ0v) is 14.4. The molecule has 1 saturated heterocycles. The molecule has 0 unspecified atom stereocenters. The Morgan fingerprint density at radius 1 is 1.04 bits per heavy atom. The molecule has 0 bridgehead atoms. The van der Waals surface area contributed by atoms with Gasteiger partial charge in [-0.15, -0.1) is 0 Å². The van der Waals surface area contributed by atoms with Crippen LogP contribution in [0, 0.1) is 13.8 Å². The third-order valence-electron chi connectivity index (χ3n) is 4.05. The SMILES string of the molecule is Cc1ccccc1N=Nc1ccc(NN=C2CCCNC2=O)c(C)c1. The molecule has 1 amide bonds. The molecular formula is C19H21N5O. The van der Waals surface area contributed by atoms with E-state index in [2.05, 4.69) is 26.1 Å². The molecule has 0 aromatic heterocycles. The van der Waals surface area contributed by atoms with Crippen molar-refractivity contribution in [1.29, 1.82) is 0 Å². The maximum atomic E-state index is 11.7. The average molecular weight is 335 g/mol. The van der Waals surface area contributed by atoms with Crippen molar-refractivity contribution in [3.8, 4) is 0 Å². The Balaban J connectivity index is 1.71. The minimum atomic E-state index is -0.0972. The molecule has 6 nitrogen and oxygen atoms in total. The second kappa shape index (κ2) is 7.70. The van der Waals surface area contributed by atoms with Gasteiger partial charge in [-0.25, -0.2) is 0 Å². The molecule has 0 radical (unpaired) electrons. The summed E-state index contributed by atoms with van der Waals surface area (Å²) in [6, 6.07) is 13.6. The van der Waals surface area contributed by atoms with Gasteiger partial charge in [-0.3, -0.25) is 10.2 Å². The number of nitrogens with one attached hydrogen (secondary N) is 2. The predicted molar refractivity (Wildman–Crippen MR) is 99.8 cm³/mol. The molecule has 25 heavy (non-hydrogen) atoms. The molecule has 1 heterocycles. The second-order valence-electron chi connectivity index (χ2n) is 6.02. The standard InChI is InChI=1S/C19H21N5O/c1-13-6-3-4-7-16(13)22-21-15-9-10-17(14(2)12-15)23-24-18-8-5-11-20-19(18)25/h3-4,6-7,9-10,12,23H,5,8,11H2,1-2H3,(H,20,25). The van der Waals surface area contributed by atoms with E-state index in [4.69, 9.17) is 0 Å². The van der Waals surface area contributed by atoms with Crippen LogP contribution in [0.25, 0.3) is 0 Å². The number of amides is 1. The summed E-state index contributed by atoms with van der Waals surface area (Å²) in [4.78, 5) is 11.7. The summed E-state index contributed by atoms with van der Waals surface area (Å²) in [6.45, 7) is 4.70. The number of hydrogen-bond acceptors (Lipinski definition) is 5. The van der Waals surface area contributed by atoms with Crippen LogP contribution in [0.3, 0.4) is 0 Å². The van der Waals surface area contributed by atoms with Crippen molar-refractivity contribution < 1.29 is 4.79 Å². The summed E-state index contributed by atoms with van der Waals surface area (Å²) in [5, 5.41) is 15.6. The van der Waals surface area contributed by atoms with Gasteiger partial charge in [0.1, 0.15) is 5.71 Å². The van der Waals surface area contributed by atoms with Gasteiger partial charge >= 0.3 is 0 Å². The fourth-order valence-corrected chi connectivity index (χ4v) is 2.53. The van der Waals surface area contributed by atoms with Crippen LogP contribution in [0.4, 0.5) is 17.1 Å². The number of carbonyl (C=O) groups excluding carboxylic acids is 1. The third kappa shape index (κ3) is 4.29. The molecule has 0 aliphatic carbocycles. The summed E-state index contributed by atoms with van der Waals surface area (Å²) < 4.78 is 0. The number of hydrazone groups is 1. The largest absolute Gasteiger partial charge is 0.351 e. The number of nitrogens with zero attached hydrogens (tertiary/aromatic N) is 3. The van der Waals surface area contributed by atoms with Crippen LogP contribution in [0.5, 0.6) is 0 Å². The number of carbonyl (C=O) groups is 1. The van der Waals surface area contributed by atoms with Crippen molar-refractivity contribution in [2.75, 3.05) is 12.0 Å². The Morgan fingerprint density at radius 3 is 2.64 bits per heavy atom. The lowest BCUT2D eigenvalue weighted by Gasteiger charge is -2.14. The van der Waals surface area contributed by atoms with Gasteiger partial charge in [0.05, 0.1) is 17.1 Å². The van der Waals surface area contributed by atoms with Crippen LogP contribution in [-0.4, -0.2) is 18.2 Å². The number of azo groups is 1. The Hall–Kier alpha value is -3.02. The lowest BCUT2D eigenvalue weighted by atomic mass is 10.1. The summed E-state index contributed by atoms with van der Waals surface area (Å²) in [5.41, 5.74) is 8.07. The Kier molecular flexibility index (Phi) is 5.18. The normalized spacial score (nSPS) is 16.2. The first kappa shape index (κ1) is 16.8. The Morgan fingerprint density at radius 2 is 1.88 bits per heavy atom. The van der Waals surface area contributed by atoms with E-state index in [0.717, 1.165) is 41.2 Å². The van der Waals surface area contributed by atoms with E-state index >= 15 is 0 Å². The minimum absolute atomic E-state index is 0.0972. The van der Waals surface area contributed by atoms with Gasteiger partial charge in [0.25, 0.3) is 5.91 Å². The molecule has 2 aromatic carbocycles. The molecule has 2 aromatic rings. The maximum absolute atomic E-state index is 11.7. The van der Waals surface area contributed by atoms with Crippen LogP contribution in [0.15, 0.2) is 57.8 Å². The van der Waals surface area contributed by atoms with Crippen molar-refractivity contribution in [1.82, 2.24) is 5.32 Å². The highest BCUT2D eigenvalue weighted by molar-refractivity contribution is 6.39. The summed E-state index contributed by atoms with van der Waals surface area (Å²) >= 11 is 0. The zero-order valence-electron chi connectivity index (χ0n) is 14.4. The van der Waals surface area contributed by atoms with Gasteiger partial charge in [-0.05, 0) is 62.1 Å². The second-order valence-corrected chi connectivity index (χ2v) is 6.02. The van der Waals surface area contributed by atoms with Gasteiger partial charge in [0, 0.05) is 6.54 Å². The summed E-state index contributed by atoms with van der Waals surface area (Å²) in [7, 11) is 0. The number of hydrogen-bond donors (Lipinski definition) is 2. The lowest BCUT2D eigenvalue weighted by molar-refractivity contribution is -0.115. The number of aryl methyl sites for hydroxylation is 2. The van der Waals surface area contributed by atoms with Crippen molar-refractivity contribution >= 4 is 28.7 Å². The zero-order chi connectivity index (χ0) is 17.6. The fourth-order valence-electron chi connectivity index (χ4n) is 2.53. The molecule has 3 rings (SSSR count). The van der Waals surface area contributed by atoms with Crippen LogP contribution >= 0.6 is 0 Å². The number of anilines is 1. The molecule has 0 saturated carbocycles. The Bertz CT molecular complexity index is 841. The highest BCUT2D eigenvalue weighted by atomic mass is 16.2. The fraction of sp³-hybridized carbons (Fsp3) is 0.263. The van der Waals surface area contributed by atoms with Gasteiger partial charge < -0.3 is 5.32 Å². The van der Waals surface area contributed by atoms with E-state index in [-0.39, 0.29) is 5.91 Å².